The van der Waals surface area contributed by atoms with Gasteiger partial charge in [-0.05, 0) is 42.0 Å². The van der Waals surface area contributed by atoms with Gasteiger partial charge in [-0.15, -0.1) is 0 Å². The predicted molar refractivity (Wildman–Crippen MR) is 93.4 cm³/mol. The molecule has 3 nitrogen and oxygen atoms in total. The number of carbonyl (C=O) groups excluding carboxylic acids is 1. The van der Waals surface area contributed by atoms with Crippen LogP contribution in [0.5, 0.6) is 11.5 Å². The van der Waals surface area contributed by atoms with E-state index < -0.39 is 0 Å². The zero-order valence-electron chi connectivity index (χ0n) is 13.5. The largest absolute Gasteiger partial charge is 0.489 e. The molecule has 3 aromatic carbocycles. The second-order valence-electron chi connectivity index (χ2n) is 5.47. The standard InChI is InChI=1S/C21H17FO3/c22-18-8-4-6-16(12-18)14-24-20-11-5-7-17(13-20)21(23)15-25-19-9-2-1-3-10-19/h1-13H,14-15H2. The van der Waals surface area contributed by atoms with Crippen LogP contribution in [-0.4, -0.2) is 12.4 Å². The molecular weight excluding hydrogens is 319 g/mol. The van der Waals surface area contributed by atoms with Crippen LogP contribution in [0.1, 0.15) is 15.9 Å². The lowest BCUT2D eigenvalue weighted by Gasteiger charge is -2.09. The van der Waals surface area contributed by atoms with Gasteiger partial charge in [0, 0.05) is 5.56 Å². The van der Waals surface area contributed by atoms with E-state index in [0.717, 1.165) is 5.56 Å². The van der Waals surface area contributed by atoms with Crippen LogP contribution >= 0.6 is 0 Å². The van der Waals surface area contributed by atoms with Crippen LogP contribution in [-0.2, 0) is 6.61 Å². The quantitative estimate of drug-likeness (QED) is 0.588. The fraction of sp³-hybridized carbons (Fsp3) is 0.0952. The van der Waals surface area contributed by atoms with E-state index in [-0.39, 0.29) is 24.8 Å². The number of hydrogen-bond acceptors (Lipinski definition) is 3. The molecule has 0 aliphatic carbocycles. The highest BCUT2D eigenvalue weighted by Crippen LogP contribution is 2.17. The summed E-state index contributed by atoms with van der Waals surface area (Å²) in [6.07, 6.45) is 0. The molecule has 0 aromatic heterocycles. The molecule has 0 atom stereocenters. The average molecular weight is 336 g/mol. The van der Waals surface area contributed by atoms with Crippen molar-refractivity contribution in [1.82, 2.24) is 0 Å². The average Bonchev–Trinajstić information content (AvgIpc) is 2.65. The molecule has 0 aliphatic rings. The van der Waals surface area contributed by atoms with Crippen LogP contribution in [0, 0.1) is 5.82 Å². The molecule has 0 saturated carbocycles. The predicted octanol–water partition coefficient (Wildman–Crippen LogP) is 4.67. The lowest BCUT2D eigenvalue weighted by Crippen LogP contribution is -2.11. The first-order valence-electron chi connectivity index (χ1n) is 7.89. The summed E-state index contributed by atoms with van der Waals surface area (Å²) in [5.74, 6) is 0.757. The van der Waals surface area contributed by atoms with Gasteiger partial charge in [-0.2, -0.15) is 0 Å². The normalized spacial score (nSPS) is 10.3. The van der Waals surface area contributed by atoms with E-state index in [2.05, 4.69) is 0 Å². The van der Waals surface area contributed by atoms with E-state index in [9.17, 15) is 9.18 Å². The van der Waals surface area contributed by atoms with Gasteiger partial charge in [-0.3, -0.25) is 4.79 Å². The lowest BCUT2D eigenvalue weighted by atomic mass is 10.1. The summed E-state index contributed by atoms with van der Waals surface area (Å²) in [6, 6.07) is 22.3. The van der Waals surface area contributed by atoms with Gasteiger partial charge in [0.2, 0.25) is 0 Å². The summed E-state index contributed by atoms with van der Waals surface area (Å²) in [5.41, 5.74) is 1.23. The Bertz CT molecular complexity index is 847. The van der Waals surface area contributed by atoms with Gasteiger partial charge in [0.1, 0.15) is 23.9 Å². The second-order valence-corrected chi connectivity index (χ2v) is 5.47. The molecule has 0 bridgehead atoms. The monoisotopic (exact) mass is 336 g/mol. The number of ether oxygens (including phenoxy) is 2. The van der Waals surface area contributed by atoms with E-state index in [1.165, 1.54) is 12.1 Å². The van der Waals surface area contributed by atoms with Crippen molar-refractivity contribution in [2.75, 3.05) is 6.61 Å². The third-order valence-corrected chi connectivity index (χ3v) is 3.56. The highest BCUT2D eigenvalue weighted by molar-refractivity contribution is 5.97. The molecule has 0 spiro atoms. The Morgan fingerprint density at radius 3 is 2.36 bits per heavy atom. The maximum atomic E-state index is 13.2. The van der Waals surface area contributed by atoms with Crippen molar-refractivity contribution in [3.8, 4) is 11.5 Å². The minimum absolute atomic E-state index is 0.0443. The summed E-state index contributed by atoms with van der Waals surface area (Å²) in [7, 11) is 0. The number of halogens is 1. The van der Waals surface area contributed by atoms with Crippen LogP contribution in [0.3, 0.4) is 0 Å². The molecule has 25 heavy (non-hydrogen) atoms. The maximum absolute atomic E-state index is 13.2. The molecular formula is C21H17FO3. The molecule has 126 valence electrons. The third kappa shape index (κ3) is 4.91. The Balaban J connectivity index is 1.59. The summed E-state index contributed by atoms with van der Waals surface area (Å²) in [6.45, 7) is 0.188. The summed E-state index contributed by atoms with van der Waals surface area (Å²) in [5, 5.41) is 0. The Labute approximate surface area is 145 Å². The van der Waals surface area contributed by atoms with Crippen molar-refractivity contribution < 1.29 is 18.7 Å². The van der Waals surface area contributed by atoms with Crippen LogP contribution in [0.2, 0.25) is 0 Å². The molecule has 0 saturated heterocycles. The van der Waals surface area contributed by atoms with E-state index in [1.807, 2.05) is 18.2 Å². The molecule has 0 aliphatic heterocycles. The molecule has 3 aromatic rings. The number of hydrogen-bond donors (Lipinski definition) is 0. The van der Waals surface area contributed by atoms with E-state index in [0.29, 0.717) is 17.1 Å². The Hall–Kier alpha value is -3.14. The molecule has 4 heteroatoms. The molecule has 0 heterocycles. The number of benzene rings is 3. The maximum Gasteiger partial charge on any atom is 0.200 e. The van der Waals surface area contributed by atoms with Crippen molar-refractivity contribution in [3.05, 3.63) is 95.8 Å². The third-order valence-electron chi connectivity index (χ3n) is 3.56. The zero-order chi connectivity index (χ0) is 17.5. The summed E-state index contributed by atoms with van der Waals surface area (Å²) >= 11 is 0. The van der Waals surface area contributed by atoms with Gasteiger partial charge >= 0.3 is 0 Å². The van der Waals surface area contributed by atoms with E-state index in [1.54, 1.807) is 48.5 Å². The van der Waals surface area contributed by atoms with Gasteiger partial charge in [0.25, 0.3) is 0 Å². The molecule has 0 unspecified atom stereocenters. The SMILES string of the molecule is O=C(COc1ccccc1)c1cccc(OCc2cccc(F)c2)c1. The molecule has 0 radical (unpaired) electrons. The fourth-order valence-electron chi connectivity index (χ4n) is 2.30. The van der Waals surface area contributed by atoms with Gasteiger partial charge in [0.15, 0.2) is 12.4 Å². The topological polar surface area (TPSA) is 35.5 Å². The lowest BCUT2D eigenvalue weighted by molar-refractivity contribution is 0.0921. The van der Waals surface area contributed by atoms with Crippen LogP contribution in [0.4, 0.5) is 4.39 Å². The first kappa shape index (κ1) is 16.7. The van der Waals surface area contributed by atoms with Crippen molar-refractivity contribution in [2.24, 2.45) is 0 Å². The van der Waals surface area contributed by atoms with Crippen LogP contribution in [0.25, 0.3) is 0 Å². The van der Waals surface area contributed by atoms with Gasteiger partial charge in [-0.1, -0.05) is 42.5 Å². The molecule has 0 N–H and O–H groups in total. The number of para-hydroxylation sites is 1. The minimum atomic E-state index is -0.303. The smallest absolute Gasteiger partial charge is 0.200 e. The first-order chi connectivity index (χ1) is 12.2. The number of rotatable bonds is 7. The first-order valence-corrected chi connectivity index (χ1v) is 7.89. The number of carbonyl (C=O) groups is 1. The summed E-state index contributed by atoms with van der Waals surface area (Å²) in [4.78, 5) is 12.3. The fourth-order valence-corrected chi connectivity index (χ4v) is 2.30. The minimum Gasteiger partial charge on any atom is -0.489 e. The zero-order valence-corrected chi connectivity index (χ0v) is 13.5. The van der Waals surface area contributed by atoms with Gasteiger partial charge in [0.05, 0.1) is 0 Å². The summed E-state index contributed by atoms with van der Waals surface area (Å²) < 4.78 is 24.3. The molecule has 3 rings (SSSR count). The van der Waals surface area contributed by atoms with Crippen molar-refractivity contribution in [2.45, 2.75) is 6.61 Å². The van der Waals surface area contributed by atoms with Gasteiger partial charge < -0.3 is 9.47 Å². The molecule has 0 amide bonds. The second kappa shape index (κ2) is 8.11. The van der Waals surface area contributed by atoms with Crippen LogP contribution in [0.15, 0.2) is 78.9 Å². The Morgan fingerprint density at radius 2 is 1.56 bits per heavy atom. The van der Waals surface area contributed by atoms with Crippen molar-refractivity contribution >= 4 is 5.78 Å². The van der Waals surface area contributed by atoms with E-state index in [4.69, 9.17) is 9.47 Å². The number of Topliss-reactive ketones (excluding diaryl/α,β-unsaturated/α-hetero) is 1. The van der Waals surface area contributed by atoms with Crippen molar-refractivity contribution in [1.29, 1.82) is 0 Å². The van der Waals surface area contributed by atoms with Gasteiger partial charge in [-0.25, -0.2) is 4.39 Å². The number of ketones is 1. The van der Waals surface area contributed by atoms with Crippen LogP contribution < -0.4 is 9.47 Å². The molecule has 0 fully saturated rings. The Kier molecular flexibility index (Phi) is 5.42. The van der Waals surface area contributed by atoms with E-state index >= 15 is 0 Å². The van der Waals surface area contributed by atoms with Crippen molar-refractivity contribution in [3.63, 3.8) is 0 Å². The highest BCUT2D eigenvalue weighted by atomic mass is 19.1. The Morgan fingerprint density at radius 1 is 0.800 bits per heavy atom. The highest BCUT2D eigenvalue weighted by Gasteiger charge is 2.08.